The van der Waals surface area contributed by atoms with E-state index < -0.39 is 22.0 Å². The minimum absolute atomic E-state index is 0.0297. The van der Waals surface area contributed by atoms with Crippen molar-refractivity contribution in [3.05, 3.63) is 54.1 Å². The average molecular weight is 423 g/mol. The lowest BCUT2D eigenvalue weighted by Crippen LogP contribution is -2.48. The van der Waals surface area contributed by atoms with Gasteiger partial charge in [-0.1, -0.05) is 30.3 Å². The van der Waals surface area contributed by atoms with Crippen molar-refractivity contribution in [1.29, 1.82) is 0 Å². The van der Waals surface area contributed by atoms with Gasteiger partial charge in [0.15, 0.2) is 11.5 Å². The van der Waals surface area contributed by atoms with E-state index in [-0.39, 0.29) is 23.6 Å². The number of amides is 1. The van der Waals surface area contributed by atoms with Gasteiger partial charge in [0.05, 0.1) is 25.7 Å². The Morgan fingerprint density at radius 3 is 2.31 bits per heavy atom. The third-order valence-electron chi connectivity index (χ3n) is 4.17. The third kappa shape index (κ3) is 6.45. The van der Waals surface area contributed by atoms with Crippen LogP contribution in [0.1, 0.15) is 5.56 Å². The summed E-state index contributed by atoms with van der Waals surface area (Å²) in [7, 11) is 0.413. The van der Waals surface area contributed by atoms with Crippen molar-refractivity contribution in [1.82, 2.24) is 10.0 Å². The molecule has 158 valence electrons. The molecule has 0 heterocycles. The van der Waals surface area contributed by atoms with Crippen LogP contribution in [-0.4, -0.2) is 54.8 Å². The Morgan fingerprint density at radius 2 is 1.69 bits per heavy atom. The van der Waals surface area contributed by atoms with E-state index in [9.17, 15) is 13.2 Å². The zero-order chi connectivity index (χ0) is 21.3. The van der Waals surface area contributed by atoms with Crippen LogP contribution in [0, 0.1) is 0 Å². The molecule has 2 rings (SSSR count). The molecule has 0 aromatic heterocycles. The molecule has 0 aliphatic carbocycles. The molecule has 0 radical (unpaired) electrons. The maximum atomic E-state index is 12.9. The molecule has 2 aromatic carbocycles. The van der Waals surface area contributed by atoms with Crippen LogP contribution < -0.4 is 19.5 Å². The molecule has 1 atom stereocenters. The van der Waals surface area contributed by atoms with Crippen LogP contribution >= 0.6 is 0 Å². The molecule has 1 unspecified atom stereocenters. The predicted molar refractivity (Wildman–Crippen MR) is 109 cm³/mol. The summed E-state index contributed by atoms with van der Waals surface area (Å²) in [5, 5.41) is 2.68. The SMILES string of the molecule is COCCNC(=O)C(Cc1ccccc1)NS(=O)(=O)c1ccc(OC)c(OC)c1. The van der Waals surface area contributed by atoms with Gasteiger partial charge in [0.1, 0.15) is 6.04 Å². The number of sulfonamides is 1. The first kappa shape index (κ1) is 22.7. The van der Waals surface area contributed by atoms with E-state index in [4.69, 9.17) is 14.2 Å². The van der Waals surface area contributed by atoms with Gasteiger partial charge in [0.25, 0.3) is 0 Å². The summed E-state index contributed by atoms with van der Waals surface area (Å²) in [5.74, 6) is 0.249. The molecule has 9 heteroatoms. The van der Waals surface area contributed by atoms with E-state index in [0.717, 1.165) is 5.56 Å². The Bertz CT molecular complexity index is 902. The Labute approximate surface area is 171 Å². The first-order valence-corrected chi connectivity index (χ1v) is 10.4. The van der Waals surface area contributed by atoms with Gasteiger partial charge in [-0.2, -0.15) is 4.72 Å². The summed E-state index contributed by atoms with van der Waals surface area (Å²) < 4.78 is 43.6. The van der Waals surface area contributed by atoms with Gasteiger partial charge >= 0.3 is 0 Å². The summed E-state index contributed by atoms with van der Waals surface area (Å²) in [4.78, 5) is 12.6. The smallest absolute Gasteiger partial charge is 0.241 e. The van der Waals surface area contributed by atoms with E-state index in [2.05, 4.69) is 10.0 Å². The van der Waals surface area contributed by atoms with Crippen molar-refractivity contribution in [2.45, 2.75) is 17.4 Å². The molecular weight excluding hydrogens is 396 g/mol. The van der Waals surface area contributed by atoms with E-state index in [1.165, 1.54) is 39.5 Å². The molecule has 0 saturated heterocycles. The molecule has 0 fully saturated rings. The molecule has 1 amide bonds. The topological polar surface area (TPSA) is 103 Å². The van der Waals surface area contributed by atoms with E-state index in [1.807, 2.05) is 30.3 Å². The number of nitrogens with one attached hydrogen (secondary N) is 2. The number of methoxy groups -OCH3 is 3. The molecule has 2 aromatic rings. The normalized spacial score (nSPS) is 12.2. The second-order valence-corrected chi connectivity index (χ2v) is 7.88. The predicted octanol–water partition coefficient (Wildman–Crippen LogP) is 1.36. The molecule has 29 heavy (non-hydrogen) atoms. The zero-order valence-corrected chi connectivity index (χ0v) is 17.5. The summed E-state index contributed by atoms with van der Waals surface area (Å²) >= 11 is 0. The van der Waals surface area contributed by atoms with Crippen molar-refractivity contribution >= 4 is 15.9 Å². The summed E-state index contributed by atoms with van der Waals surface area (Å²) in [6.07, 6.45) is 0.201. The third-order valence-corrected chi connectivity index (χ3v) is 5.64. The van der Waals surface area contributed by atoms with Crippen molar-refractivity contribution in [2.24, 2.45) is 0 Å². The molecular formula is C20H26N2O6S. The second kappa shape index (κ2) is 10.8. The minimum Gasteiger partial charge on any atom is -0.493 e. The van der Waals surface area contributed by atoms with Crippen molar-refractivity contribution in [2.75, 3.05) is 34.5 Å². The Kier molecular flexibility index (Phi) is 8.44. The maximum absolute atomic E-state index is 12.9. The number of ether oxygens (including phenoxy) is 3. The second-order valence-electron chi connectivity index (χ2n) is 6.16. The van der Waals surface area contributed by atoms with Crippen LogP contribution in [0.15, 0.2) is 53.4 Å². The Morgan fingerprint density at radius 1 is 1.00 bits per heavy atom. The fourth-order valence-electron chi connectivity index (χ4n) is 2.68. The van der Waals surface area contributed by atoms with Crippen molar-refractivity contribution in [3.8, 4) is 11.5 Å². The van der Waals surface area contributed by atoms with Gasteiger partial charge in [0, 0.05) is 19.7 Å². The average Bonchev–Trinajstić information content (AvgIpc) is 2.73. The van der Waals surface area contributed by atoms with Gasteiger partial charge in [-0.3, -0.25) is 4.79 Å². The zero-order valence-electron chi connectivity index (χ0n) is 16.7. The van der Waals surface area contributed by atoms with Gasteiger partial charge < -0.3 is 19.5 Å². The van der Waals surface area contributed by atoms with E-state index >= 15 is 0 Å². The number of rotatable bonds is 11. The fourth-order valence-corrected chi connectivity index (χ4v) is 3.89. The summed E-state index contributed by atoms with van der Waals surface area (Å²) in [5.41, 5.74) is 0.828. The lowest BCUT2D eigenvalue weighted by atomic mass is 10.1. The van der Waals surface area contributed by atoms with Crippen LogP contribution in [0.4, 0.5) is 0 Å². The molecule has 0 aliphatic heterocycles. The van der Waals surface area contributed by atoms with Crippen molar-refractivity contribution < 1.29 is 27.4 Å². The van der Waals surface area contributed by atoms with Crippen molar-refractivity contribution in [3.63, 3.8) is 0 Å². The van der Waals surface area contributed by atoms with Gasteiger partial charge in [-0.25, -0.2) is 8.42 Å². The van der Waals surface area contributed by atoms with E-state index in [1.54, 1.807) is 0 Å². The number of benzene rings is 2. The van der Waals surface area contributed by atoms with Gasteiger partial charge in [-0.05, 0) is 24.1 Å². The molecule has 2 N–H and O–H groups in total. The highest BCUT2D eigenvalue weighted by Crippen LogP contribution is 2.29. The minimum atomic E-state index is -3.99. The fraction of sp³-hybridized carbons (Fsp3) is 0.350. The van der Waals surface area contributed by atoms with Crippen LogP contribution in [0.25, 0.3) is 0 Å². The molecule has 0 spiro atoms. The summed E-state index contributed by atoms with van der Waals surface area (Å²) in [6, 6.07) is 12.4. The Hall–Kier alpha value is -2.62. The number of carbonyl (C=O) groups is 1. The molecule has 0 bridgehead atoms. The largest absolute Gasteiger partial charge is 0.493 e. The first-order valence-electron chi connectivity index (χ1n) is 8.96. The monoisotopic (exact) mass is 422 g/mol. The molecule has 0 saturated carbocycles. The maximum Gasteiger partial charge on any atom is 0.241 e. The van der Waals surface area contributed by atoms with Crippen LogP contribution in [-0.2, 0) is 26.0 Å². The lowest BCUT2D eigenvalue weighted by Gasteiger charge is -2.19. The number of hydrogen-bond donors (Lipinski definition) is 2. The van der Waals surface area contributed by atoms with Gasteiger partial charge in [0.2, 0.25) is 15.9 Å². The lowest BCUT2D eigenvalue weighted by molar-refractivity contribution is -0.122. The Balaban J connectivity index is 2.26. The summed E-state index contributed by atoms with van der Waals surface area (Å²) in [6.45, 7) is 0.602. The first-order chi connectivity index (χ1) is 13.9. The highest BCUT2D eigenvalue weighted by Gasteiger charge is 2.26. The highest BCUT2D eigenvalue weighted by atomic mass is 32.2. The molecule has 8 nitrogen and oxygen atoms in total. The molecule has 0 aliphatic rings. The number of carbonyl (C=O) groups excluding carboxylic acids is 1. The van der Waals surface area contributed by atoms with Crippen LogP contribution in [0.5, 0.6) is 11.5 Å². The number of hydrogen-bond acceptors (Lipinski definition) is 6. The van der Waals surface area contributed by atoms with Crippen LogP contribution in [0.2, 0.25) is 0 Å². The standard InChI is InChI=1S/C20H26N2O6S/c1-26-12-11-21-20(23)17(13-15-7-5-4-6-8-15)22-29(24,25)16-9-10-18(27-2)19(14-16)28-3/h4-10,14,17,22H,11-13H2,1-3H3,(H,21,23). The van der Waals surface area contributed by atoms with Gasteiger partial charge in [-0.15, -0.1) is 0 Å². The van der Waals surface area contributed by atoms with Crippen LogP contribution in [0.3, 0.4) is 0 Å². The quantitative estimate of drug-likeness (QED) is 0.530. The highest BCUT2D eigenvalue weighted by molar-refractivity contribution is 7.89. The van der Waals surface area contributed by atoms with E-state index in [0.29, 0.717) is 12.4 Å².